The van der Waals surface area contributed by atoms with Crippen molar-refractivity contribution in [2.75, 3.05) is 14.2 Å². The van der Waals surface area contributed by atoms with Crippen molar-refractivity contribution in [1.82, 2.24) is 0 Å². The summed E-state index contributed by atoms with van der Waals surface area (Å²) in [5.74, 6) is -2.88. The maximum Gasteiger partial charge on any atom is 2.00 e. The molecule has 0 amide bonds. The number of aromatic hydroxyl groups is 2. The summed E-state index contributed by atoms with van der Waals surface area (Å²) in [4.78, 5) is 30.9. The Kier molecular flexibility index (Phi) is 41.5. The molecule has 21 heteroatoms. The Balaban J connectivity index is -0.000000163. The number of phenolic OH excluding ortho intramolecular Hbond substituents is 2. The average Bonchev–Trinajstić information content (AvgIpc) is 3.19. The van der Waals surface area contributed by atoms with Crippen LogP contribution in [0.2, 0.25) is 0 Å². The summed E-state index contributed by atoms with van der Waals surface area (Å²) < 4.78 is 0. The molecular formula is C42H56N2Ni2O17+4. The smallest absolute Gasteiger partial charge is 0.872 e. The topological polar surface area (TPSA) is 459 Å². The van der Waals surface area contributed by atoms with Crippen LogP contribution < -0.4 is 20.4 Å². The summed E-state index contributed by atoms with van der Waals surface area (Å²) in [6.45, 7) is 0. The Morgan fingerprint density at radius 2 is 0.794 bits per heavy atom. The fourth-order valence-corrected chi connectivity index (χ4v) is 5.25. The van der Waals surface area contributed by atoms with Crippen molar-refractivity contribution in [2.24, 2.45) is 9.98 Å². The van der Waals surface area contributed by atoms with Gasteiger partial charge < -0.3 is 88.8 Å². The van der Waals surface area contributed by atoms with Crippen LogP contribution in [0.15, 0.2) is 131 Å². The molecule has 22 N–H and O–H groups in total. The second-order valence-corrected chi connectivity index (χ2v) is 11.4. The molecule has 0 aromatic heterocycles. The number of aliphatic hydroxyl groups is 2. The molecule has 0 heterocycles. The van der Waals surface area contributed by atoms with Gasteiger partial charge in [0.2, 0.25) is 0 Å². The fourth-order valence-electron chi connectivity index (χ4n) is 5.25. The van der Waals surface area contributed by atoms with Crippen LogP contribution >= 0.6 is 0 Å². The number of carbonyl (C=O) groups excluding carboxylic acids is 2. The number of fused-ring (bicyclic) bond motifs is 2. The molecular weight excluding hydrogens is 922 g/mol. The Morgan fingerprint density at radius 1 is 0.508 bits per heavy atom. The minimum absolute atomic E-state index is 0. The van der Waals surface area contributed by atoms with E-state index in [9.17, 15) is 40.2 Å². The normalized spacial score (nSPS) is 10.1. The van der Waals surface area contributed by atoms with Gasteiger partial charge in [0.25, 0.3) is 0 Å². The van der Waals surface area contributed by atoms with Gasteiger partial charge in [0.1, 0.15) is 11.5 Å². The van der Waals surface area contributed by atoms with Gasteiger partial charge in [0, 0.05) is 39.5 Å². The molecule has 352 valence electrons. The van der Waals surface area contributed by atoms with E-state index in [0.717, 1.165) is 35.8 Å². The molecule has 0 aliphatic carbocycles. The second kappa shape index (κ2) is 36.6. The van der Waals surface area contributed by atoms with Gasteiger partial charge >= 0.3 is 33.0 Å². The number of aliphatic imine (C=N–C) groups is 2. The van der Waals surface area contributed by atoms with Gasteiger partial charge in [-0.25, -0.2) is 0 Å². The molecule has 0 aliphatic rings. The number of phenols is 2. The van der Waals surface area contributed by atoms with E-state index >= 15 is 0 Å². The molecule has 0 spiro atoms. The van der Waals surface area contributed by atoms with Gasteiger partial charge in [-0.05, 0) is 68.1 Å². The van der Waals surface area contributed by atoms with Crippen molar-refractivity contribution in [3.63, 3.8) is 0 Å². The number of benzene rings is 6. The van der Waals surface area contributed by atoms with Gasteiger partial charge in [-0.1, -0.05) is 109 Å². The van der Waals surface area contributed by atoms with Gasteiger partial charge in [0.15, 0.2) is 0 Å². The molecule has 0 saturated heterocycles. The minimum atomic E-state index is -1.32. The van der Waals surface area contributed by atoms with Crippen LogP contribution in [0.4, 0.5) is 0 Å². The van der Waals surface area contributed by atoms with E-state index < -0.39 is 24.0 Å². The molecule has 0 saturated carbocycles. The summed E-state index contributed by atoms with van der Waals surface area (Å²) in [5.41, 5.74) is 2.11. The van der Waals surface area contributed by atoms with Gasteiger partial charge in [-0.3, -0.25) is 9.98 Å². The standard InChI is InChI=1S/2C20H17NO4.2CH4O.2Ni.7H2O/c2*22-15-8-5-13(6-9-15)11-18(20(24)25)21-12-17-16-4-2-1-3-14(16)7-10-19(17)23;2*1-2;;;;;;;;;/h2*1-10,12,18,22-23H,11H2,(H,24,25);2*2H,1H3;;;7*1H2/q;;;;2*+2;;;;;;;/t2*18-;;;;;;;;;;;/m00.........../s1. The molecule has 6 aromatic carbocycles. The third kappa shape index (κ3) is 21.1. The number of hydrogen-bond acceptors (Lipinski definition) is 12. The number of rotatable bonds is 10. The third-order valence-corrected chi connectivity index (χ3v) is 7.90. The maximum absolute atomic E-state index is 12.1. The van der Waals surface area contributed by atoms with E-state index in [0.29, 0.717) is 22.3 Å². The maximum atomic E-state index is 12.1. The molecule has 0 aliphatic heterocycles. The quantitative estimate of drug-likeness (QED) is 0.0583. The molecule has 19 nitrogen and oxygen atoms in total. The predicted octanol–water partition coefficient (Wildman–Crippen LogP) is -4.15. The Hall–Kier alpha value is -6.05. The molecule has 0 radical (unpaired) electrons. The van der Waals surface area contributed by atoms with Crippen LogP contribution in [0.3, 0.4) is 0 Å². The van der Waals surface area contributed by atoms with Crippen molar-refractivity contribution in [3.05, 3.63) is 144 Å². The van der Waals surface area contributed by atoms with E-state index in [4.69, 9.17) is 10.2 Å². The summed E-state index contributed by atoms with van der Waals surface area (Å²) >= 11 is 0. The van der Waals surface area contributed by atoms with E-state index in [-0.39, 0.29) is 107 Å². The van der Waals surface area contributed by atoms with Crippen molar-refractivity contribution in [2.45, 2.75) is 24.9 Å². The van der Waals surface area contributed by atoms with Crippen molar-refractivity contribution in [1.29, 1.82) is 0 Å². The van der Waals surface area contributed by atoms with Crippen LogP contribution in [-0.4, -0.2) is 87.5 Å². The van der Waals surface area contributed by atoms with Crippen LogP contribution in [0, 0.1) is 0 Å². The minimum Gasteiger partial charge on any atom is -0.872 e. The number of aliphatic carboxylic acids is 2. The summed E-state index contributed by atoms with van der Waals surface area (Å²) in [7, 11) is 2.00. The van der Waals surface area contributed by atoms with Crippen LogP contribution in [0.5, 0.6) is 23.0 Å². The first kappa shape index (κ1) is 71.5. The Labute approximate surface area is 382 Å². The molecule has 0 bridgehead atoms. The van der Waals surface area contributed by atoms with E-state index in [2.05, 4.69) is 9.98 Å². The summed E-state index contributed by atoms with van der Waals surface area (Å²) in [6, 6.07) is 31.2. The number of carbonyl (C=O) groups is 2. The number of hydrogen-bond donors (Lipinski definition) is 4. The molecule has 0 unspecified atom stereocenters. The molecule has 0 fully saturated rings. The number of nitrogens with zero attached hydrogens (tertiary/aromatic N) is 2. The Morgan fingerprint density at radius 3 is 1.08 bits per heavy atom. The molecule has 6 rings (SSSR count). The molecule has 63 heavy (non-hydrogen) atoms. The largest absolute Gasteiger partial charge is 2.00 e. The monoisotopic (exact) mass is 976 g/mol. The van der Waals surface area contributed by atoms with E-state index in [1.807, 2.05) is 36.4 Å². The fraction of sp³-hybridized carbons (Fsp3) is 0.143. The first-order valence-corrected chi connectivity index (χ1v) is 16.4. The number of carboxylic acids is 2. The first-order valence-electron chi connectivity index (χ1n) is 16.4. The number of carboxylic acid groups (broad SMARTS) is 2. The summed E-state index contributed by atoms with van der Waals surface area (Å²) in [6.07, 6.45) is 2.84. The molecule has 2 atom stereocenters. The van der Waals surface area contributed by atoms with Crippen LogP contribution in [0.1, 0.15) is 22.3 Å². The van der Waals surface area contributed by atoms with Crippen LogP contribution in [0.25, 0.3) is 21.5 Å². The van der Waals surface area contributed by atoms with Crippen molar-refractivity contribution >= 4 is 45.9 Å². The first-order chi connectivity index (χ1) is 26.1. The zero-order valence-corrected chi connectivity index (χ0v) is 35.8. The zero-order valence-electron chi connectivity index (χ0n) is 33.8. The Bertz CT molecular complexity index is 2050. The number of aliphatic hydroxyl groups excluding tert-OH is 2. The SMILES string of the molecule is CO.CO.O.O.O.O=C([O-])[C@H](Cc1ccc(O)cc1)N=Cc1c([O-])ccc2ccccc12.O=C([O-])[C@H](Cc1ccc(O)cc1)N=Cc1c([O-])ccc2ccccc12.[Ni+2].[Ni+2].[OH3+].[OH3+].[OH3+].[OH3+]. The van der Waals surface area contributed by atoms with Gasteiger partial charge in [0.05, 0.1) is 24.0 Å². The van der Waals surface area contributed by atoms with E-state index in [1.165, 1.54) is 48.8 Å². The third-order valence-electron chi connectivity index (χ3n) is 7.90. The second-order valence-electron chi connectivity index (χ2n) is 11.4. The van der Waals surface area contributed by atoms with Crippen LogP contribution in [-0.2, 0) is 77.3 Å². The predicted molar refractivity (Wildman–Crippen MR) is 230 cm³/mol. The van der Waals surface area contributed by atoms with E-state index in [1.54, 1.807) is 48.5 Å². The van der Waals surface area contributed by atoms with Crippen molar-refractivity contribution < 1.29 is 122 Å². The summed E-state index contributed by atoms with van der Waals surface area (Å²) in [5, 5.41) is 82.8. The molecule has 6 aromatic rings. The van der Waals surface area contributed by atoms with Gasteiger partial charge in [-0.15, -0.1) is 0 Å². The van der Waals surface area contributed by atoms with Crippen molar-refractivity contribution in [3.8, 4) is 23.0 Å². The zero-order chi connectivity index (χ0) is 39.6. The van der Waals surface area contributed by atoms with Gasteiger partial charge in [-0.2, -0.15) is 0 Å². The average molecular weight is 978 g/mol.